The van der Waals surface area contributed by atoms with E-state index in [0.29, 0.717) is 0 Å². The Hall–Kier alpha value is -1.76. The molecule has 0 spiro atoms. The Balaban J connectivity index is 2.77. The lowest BCUT2D eigenvalue weighted by Gasteiger charge is -2.13. The maximum atomic E-state index is 11.9. The van der Waals surface area contributed by atoms with Crippen molar-refractivity contribution in [2.75, 3.05) is 17.2 Å². The lowest BCUT2D eigenvalue weighted by Crippen LogP contribution is -2.34. The maximum Gasteiger partial charge on any atom is 0.292 e. The van der Waals surface area contributed by atoms with Crippen LogP contribution in [0.2, 0.25) is 0 Å². The van der Waals surface area contributed by atoms with E-state index in [9.17, 15) is 14.9 Å². The van der Waals surface area contributed by atoms with Crippen LogP contribution in [0.15, 0.2) is 18.2 Å². The Morgan fingerprint density at radius 1 is 1.58 bits per heavy atom. The molecule has 1 atom stereocenters. The Labute approximate surface area is 115 Å². The van der Waals surface area contributed by atoms with Crippen molar-refractivity contribution in [1.82, 2.24) is 5.32 Å². The summed E-state index contributed by atoms with van der Waals surface area (Å²) < 4.78 is 0. The molecular formula is C12H17N3O3S. The number of hydrogen-bond donors (Lipinski definition) is 2. The summed E-state index contributed by atoms with van der Waals surface area (Å²) in [6.07, 6.45) is 0. The smallest absolute Gasteiger partial charge is 0.292 e. The van der Waals surface area contributed by atoms with Crippen LogP contribution in [0.4, 0.5) is 11.4 Å². The third-order valence-corrected chi connectivity index (χ3v) is 3.58. The minimum atomic E-state index is -0.595. The van der Waals surface area contributed by atoms with E-state index in [1.807, 2.05) is 13.8 Å². The summed E-state index contributed by atoms with van der Waals surface area (Å²) in [4.78, 5) is 22.1. The van der Waals surface area contributed by atoms with Crippen molar-refractivity contribution in [3.05, 3.63) is 33.9 Å². The number of carbonyl (C=O) groups excluding carboxylic acids is 1. The van der Waals surface area contributed by atoms with Gasteiger partial charge in [0.15, 0.2) is 0 Å². The SMILES string of the molecule is CCSCC(C)NC(=O)c1ccc(N)c([N+](=O)[O-])c1. The van der Waals surface area contributed by atoms with Crippen LogP contribution in [0.3, 0.4) is 0 Å². The molecule has 0 saturated carbocycles. The molecule has 0 bridgehead atoms. The summed E-state index contributed by atoms with van der Waals surface area (Å²) in [5.41, 5.74) is 5.53. The van der Waals surface area contributed by atoms with Crippen molar-refractivity contribution >= 4 is 29.0 Å². The van der Waals surface area contributed by atoms with Crippen LogP contribution in [0.5, 0.6) is 0 Å². The molecule has 0 aliphatic rings. The standard InChI is InChI=1S/C12H17N3O3S/c1-3-19-7-8(2)14-12(16)9-4-5-10(13)11(6-9)15(17)18/h4-6,8H,3,7,13H2,1-2H3,(H,14,16). The number of nitrogen functional groups attached to an aromatic ring is 1. The second-order valence-corrected chi connectivity index (χ2v) is 5.38. The van der Waals surface area contributed by atoms with Crippen LogP contribution < -0.4 is 11.1 Å². The molecule has 19 heavy (non-hydrogen) atoms. The fourth-order valence-electron chi connectivity index (χ4n) is 1.49. The summed E-state index contributed by atoms with van der Waals surface area (Å²) >= 11 is 1.72. The number of anilines is 1. The number of nitro groups is 1. The van der Waals surface area contributed by atoms with Gasteiger partial charge in [-0.1, -0.05) is 6.92 Å². The van der Waals surface area contributed by atoms with E-state index in [4.69, 9.17) is 5.73 Å². The molecule has 0 aliphatic carbocycles. The zero-order valence-corrected chi connectivity index (χ0v) is 11.7. The topological polar surface area (TPSA) is 98.3 Å². The van der Waals surface area contributed by atoms with Gasteiger partial charge in [0.05, 0.1) is 4.92 Å². The molecule has 0 aliphatic heterocycles. The van der Waals surface area contributed by atoms with Crippen LogP contribution in [0.25, 0.3) is 0 Å². The molecule has 1 aromatic carbocycles. The molecule has 0 heterocycles. The Morgan fingerprint density at radius 3 is 2.84 bits per heavy atom. The lowest BCUT2D eigenvalue weighted by molar-refractivity contribution is -0.383. The van der Waals surface area contributed by atoms with E-state index in [1.165, 1.54) is 18.2 Å². The monoisotopic (exact) mass is 283 g/mol. The van der Waals surface area contributed by atoms with Gasteiger partial charge in [-0.05, 0) is 24.8 Å². The number of nitrogens with one attached hydrogen (secondary N) is 1. The molecule has 1 aromatic rings. The van der Waals surface area contributed by atoms with Gasteiger partial charge < -0.3 is 11.1 Å². The quantitative estimate of drug-likeness (QED) is 0.473. The Morgan fingerprint density at radius 2 is 2.26 bits per heavy atom. The van der Waals surface area contributed by atoms with Crippen molar-refractivity contribution in [3.63, 3.8) is 0 Å². The molecule has 0 aromatic heterocycles. The minimum absolute atomic E-state index is 0.00839. The van der Waals surface area contributed by atoms with E-state index < -0.39 is 4.92 Å². The van der Waals surface area contributed by atoms with Gasteiger partial charge in [-0.25, -0.2) is 0 Å². The molecule has 0 saturated heterocycles. The first-order valence-corrected chi connectivity index (χ1v) is 7.03. The van der Waals surface area contributed by atoms with Crippen molar-refractivity contribution in [2.24, 2.45) is 0 Å². The minimum Gasteiger partial charge on any atom is -0.393 e. The first-order valence-electron chi connectivity index (χ1n) is 5.88. The number of amides is 1. The average molecular weight is 283 g/mol. The zero-order chi connectivity index (χ0) is 14.4. The second-order valence-electron chi connectivity index (χ2n) is 4.06. The normalized spacial score (nSPS) is 11.9. The number of hydrogen-bond acceptors (Lipinski definition) is 5. The van der Waals surface area contributed by atoms with E-state index in [0.717, 1.165) is 11.5 Å². The van der Waals surface area contributed by atoms with Gasteiger partial charge in [0.2, 0.25) is 0 Å². The van der Waals surface area contributed by atoms with Crippen molar-refractivity contribution in [1.29, 1.82) is 0 Å². The number of rotatable bonds is 6. The average Bonchev–Trinajstić information content (AvgIpc) is 2.36. The highest BCUT2D eigenvalue weighted by atomic mass is 32.2. The molecule has 0 radical (unpaired) electrons. The molecule has 1 rings (SSSR count). The molecule has 7 heteroatoms. The number of thioether (sulfide) groups is 1. The van der Waals surface area contributed by atoms with E-state index in [2.05, 4.69) is 5.32 Å². The van der Waals surface area contributed by atoms with Gasteiger partial charge in [-0.3, -0.25) is 14.9 Å². The zero-order valence-electron chi connectivity index (χ0n) is 10.9. The molecule has 3 N–H and O–H groups in total. The third kappa shape index (κ3) is 4.44. The summed E-state index contributed by atoms with van der Waals surface area (Å²) in [5.74, 6) is 1.46. The Bertz CT molecular complexity index is 479. The lowest BCUT2D eigenvalue weighted by atomic mass is 10.1. The van der Waals surface area contributed by atoms with E-state index in [1.54, 1.807) is 11.8 Å². The van der Waals surface area contributed by atoms with Gasteiger partial charge in [0.25, 0.3) is 11.6 Å². The number of nitro benzene ring substituents is 1. The van der Waals surface area contributed by atoms with Crippen LogP contribution in [0, 0.1) is 10.1 Å². The molecule has 104 valence electrons. The summed E-state index contributed by atoms with van der Waals surface area (Å²) in [5, 5.41) is 13.5. The summed E-state index contributed by atoms with van der Waals surface area (Å²) in [6.45, 7) is 3.94. The highest BCUT2D eigenvalue weighted by Gasteiger charge is 2.16. The number of benzene rings is 1. The number of carbonyl (C=O) groups is 1. The van der Waals surface area contributed by atoms with E-state index >= 15 is 0 Å². The fourth-order valence-corrected chi connectivity index (χ4v) is 2.16. The van der Waals surface area contributed by atoms with Crippen molar-refractivity contribution in [3.8, 4) is 0 Å². The van der Waals surface area contributed by atoms with Gasteiger partial charge in [-0.2, -0.15) is 11.8 Å². The van der Waals surface area contributed by atoms with Gasteiger partial charge >= 0.3 is 0 Å². The second kappa shape index (κ2) is 6.98. The van der Waals surface area contributed by atoms with Crippen molar-refractivity contribution < 1.29 is 9.72 Å². The number of nitrogens with zero attached hydrogens (tertiary/aromatic N) is 1. The van der Waals surface area contributed by atoms with Crippen LogP contribution in [-0.4, -0.2) is 28.4 Å². The maximum absolute atomic E-state index is 11.9. The van der Waals surface area contributed by atoms with Gasteiger partial charge in [-0.15, -0.1) is 0 Å². The van der Waals surface area contributed by atoms with Gasteiger partial charge in [0.1, 0.15) is 5.69 Å². The Kier molecular flexibility index (Phi) is 5.62. The van der Waals surface area contributed by atoms with Crippen LogP contribution in [0.1, 0.15) is 24.2 Å². The molecule has 1 unspecified atom stereocenters. The fraction of sp³-hybridized carbons (Fsp3) is 0.417. The first-order chi connectivity index (χ1) is 8.95. The van der Waals surface area contributed by atoms with Gasteiger partial charge in [0, 0.05) is 23.4 Å². The predicted octanol–water partition coefficient (Wildman–Crippen LogP) is 2.05. The third-order valence-electron chi connectivity index (χ3n) is 2.44. The van der Waals surface area contributed by atoms with Crippen LogP contribution >= 0.6 is 11.8 Å². The highest BCUT2D eigenvalue weighted by molar-refractivity contribution is 7.99. The highest BCUT2D eigenvalue weighted by Crippen LogP contribution is 2.22. The predicted molar refractivity (Wildman–Crippen MR) is 77.4 cm³/mol. The summed E-state index contributed by atoms with van der Waals surface area (Å²) in [6, 6.07) is 4.06. The van der Waals surface area contributed by atoms with E-state index in [-0.39, 0.29) is 28.9 Å². The molecule has 1 amide bonds. The number of nitrogens with two attached hydrogens (primary N) is 1. The largest absolute Gasteiger partial charge is 0.393 e. The summed E-state index contributed by atoms with van der Waals surface area (Å²) in [7, 11) is 0. The molecule has 0 fully saturated rings. The van der Waals surface area contributed by atoms with Crippen LogP contribution in [-0.2, 0) is 0 Å². The first kappa shape index (κ1) is 15.3. The van der Waals surface area contributed by atoms with Crippen molar-refractivity contribution in [2.45, 2.75) is 19.9 Å². The molecule has 6 nitrogen and oxygen atoms in total. The molecular weight excluding hydrogens is 266 g/mol.